The van der Waals surface area contributed by atoms with Gasteiger partial charge < -0.3 is 29.4 Å². The van der Waals surface area contributed by atoms with E-state index < -0.39 is 13.4 Å². The van der Waals surface area contributed by atoms with Gasteiger partial charge >= 0.3 is 13.4 Å². The summed E-state index contributed by atoms with van der Waals surface area (Å²) in [4.78, 5) is 45.3. The van der Waals surface area contributed by atoms with Crippen molar-refractivity contribution in [1.29, 1.82) is 0 Å². The van der Waals surface area contributed by atoms with E-state index in [1.807, 2.05) is 0 Å². The summed E-state index contributed by atoms with van der Waals surface area (Å²) in [6.07, 6.45) is 22.9. The van der Waals surface area contributed by atoms with Crippen molar-refractivity contribution in [3.63, 3.8) is 0 Å². The van der Waals surface area contributed by atoms with Crippen molar-refractivity contribution in [3.05, 3.63) is 0 Å². The molecule has 10 heteroatoms. The smallest absolute Gasteiger partial charge is 0.319 e. The maximum Gasteiger partial charge on any atom is 0.319 e. The summed E-state index contributed by atoms with van der Waals surface area (Å²) >= 11 is 7.21. The molecule has 0 aromatic heterocycles. The van der Waals surface area contributed by atoms with E-state index in [1.165, 1.54) is 103 Å². The van der Waals surface area contributed by atoms with Crippen LogP contribution in [-0.4, -0.2) is 29.4 Å². The average Bonchev–Trinajstić information content (AvgIpc) is 2.59. The number of hydrogen-bond acceptors (Lipinski definition) is 2. The SMILES string of the molecule is CCCCCCCCCC.CCCCCCCCCC.OP(O)(O)=S.OP(O)(O)=S. The van der Waals surface area contributed by atoms with Gasteiger partial charge in [0, 0.05) is 0 Å². The van der Waals surface area contributed by atoms with Crippen molar-refractivity contribution in [3.8, 4) is 0 Å². The van der Waals surface area contributed by atoms with Crippen molar-refractivity contribution < 1.29 is 29.4 Å². The lowest BCUT2D eigenvalue weighted by Gasteiger charge is -1.97. The van der Waals surface area contributed by atoms with Crippen LogP contribution in [0.3, 0.4) is 0 Å². The molecule has 0 rings (SSSR count). The van der Waals surface area contributed by atoms with Gasteiger partial charge in [0.05, 0.1) is 0 Å². The summed E-state index contributed by atoms with van der Waals surface area (Å²) in [6.45, 7) is 1.47. The van der Waals surface area contributed by atoms with Crippen LogP contribution in [-0.2, 0) is 23.6 Å². The highest BCUT2D eigenvalue weighted by atomic mass is 32.5. The van der Waals surface area contributed by atoms with Crippen LogP contribution in [0.2, 0.25) is 0 Å². The minimum absolute atomic E-state index is 1.37. The van der Waals surface area contributed by atoms with Gasteiger partial charge in [0.2, 0.25) is 0 Å². The van der Waals surface area contributed by atoms with Crippen LogP contribution in [0, 0.1) is 0 Å². The lowest BCUT2D eigenvalue weighted by atomic mass is 10.1. The normalized spacial score (nSPS) is 10.7. The highest BCUT2D eigenvalue weighted by Gasteiger charge is 1.93. The molecule has 0 heterocycles. The van der Waals surface area contributed by atoms with Crippen molar-refractivity contribution in [1.82, 2.24) is 0 Å². The van der Waals surface area contributed by atoms with Crippen molar-refractivity contribution >= 4 is 37.1 Å². The molecule has 0 aliphatic carbocycles. The van der Waals surface area contributed by atoms with E-state index in [0.29, 0.717) is 0 Å². The molecule has 0 aliphatic rings. The largest absolute Gasteiger partial charge is 0.325 e. The first-order valence-corrected chi connectivity index (χ1v) is 16.7. The van der Waals surface area contributed by atoms with Gasteiger partial charge in [-0.3, -0.25) is 0 Å². The lowest BCUT2D eigenvalue weighted by Crippen LogP contribution is -1.77. The van der Waals surface area contributed by atoms with Gasteiger partial charge in [-0.1, -0.05) is 130 Å². The third-order valence-electron chi connectivity index (χ3n) is 3.91. The lowest BCUT2D eigenvalue weighted by molar-refractivity contribution is 0.361. The first kappa shape index (κ1) is 38.3. The van der Waals surface area contributed by atoms with Gasteiger partial charge in [-0.15, -0.1) is 0 Å². The van der Waals surface area contributed by atoms with Crippen LogP contribution in [0.15, 0.2) is 0 Å². The average molecular weight is 513 g/mol. The molecule has 6 N–H and O–H groups in total. The Morgan fingerprint density at radius 1 is 0.367 bits per heavy atom. The molecule has 0 aliphatic heterocycles. The summed E-state index contributed by atoms with van der Waals surface area (Å²) in [5.74, 6) is 0. The summed E-state index contributed by atoms with van der Waals surface area (Å²) in [7, 11) is 0. The Morgan fingerprint density at radius 3 is 0.567 bits per heavy atom. The number of unbranched alkanes of at least 4 members (excludes halogenated alkanes) is 14. The molecule has 0 radical (unpaired) electrons. The molecule has 6 nitrogen and oxygen atoms in total. The molecule has 0 aromatic rings. The maximum atomic E-state index is 7.56. The molecule has 0 aromatic carbocycles. The summed E-state index contributed by atoms with van der Waals surface area (Å²) in [6, 6.07) is 0. The highest BCUT2D eigenvalue weighted by molar-refractivity contribution is 8.06. The fourth-order valence-corrected chi connectivity index (χ4v) is 2.41. The standard InChI is InChI=1S/2C10H22.2H3O3PS/c2*1-3-5-7-9-10-8-6-4-2;2*1-4(2,3)5/h2*3-10H2,1-2H3;2*(H3,1,2,3,5). The van der Waals surface area contributed by atoms with Crippen molar-refractivity contribution in [2.75, 3.05) is 0 Å². The Balaban J connectivity index is -0.000000159. The zero-order valence-electron chi connectivity index (χ0n) is 19.7. The van der Waals surface area contributed by atoms with E-state index in [0.717, 1.165) is 0 Å². The minimum Gasteiger partial charge on any atom is -0.325 e. The van der Waals surface area contributed by atoms with Crippen molar-refractivity contribution in [2.45, 2.75) is 130 Å². The first-order valence-electron chi connectivity index (χ1n) is 11.4. The molecule has 0 atom stereocenters. The van der Waals surface area contributed by atoms with Gasteiger partial charge in [0.1, 0.15) is 0 Å². The summed E-state index contributed by atoms with van der Waals surface area (Å²) < 4.78 is 0. The molecular weight excluding hydrogens is 462 g/mol. The zero-order chi connectivity index (χ0) is 24.3. The van der Waals surface area contributed by atoms with Gasteiger partial charge in [0.15, 0.2) is 0 Å². The Bertz CT molecular complexity index is 321. The van der Waals surface area contributed by atoms with Crippen molar-refractivity contribution in [2.24, 2.45) is 0 Å². The van der Waals surface area contributed by atoms with Gasteiger partial charge in [-0.2, -0.15) is 0 Å². The van der Waals surface area contributed by atoms with Crippen LogP contribution < -0.4 is 0 Å². The van der Waals surface area contributed by atoms with Crippen LogP contribution in [0.1, 0.15) is 130 Å². The van der Waals surface area contributed by atoms with E-state index in [4.69, 9.17) is 29.4 Å². The Labute approximate surface area is 196 Å². The molecule has 0 spiro atoms. The molecule has 188 valence electrons. The van der Waals surface area contributed by atoms with E-state index in [9.17, 15) is 0 Å². The monoisotopic (exact) mass is 512 g/mol. The second kappa shape index (κ2) is 30.1. The number of rotatable bonds is 14. The second-order valence-corrected chi connectivity index (χ2v) is 12.3. The second-order valence-electron chi connectivity index (χ2n) is 7.27. The third-order valence-corrected chi connectivity index (χ3v) is 3.91. The molecule has 0 saturated heterocycles. The molecule has 0 amide bonds. The van der Waals surface area contributed by atoms with Crippen LogP contribution in [0.25, 0.3) is 0 Å². The van der Waals surface area contributed by atoms with Crippen LogP contribution >= 0.6 is 13.4 Å². The summed E-state index contributed by atoms with van der Waals surface area (Å²) in [5.41, 5.74) is 0. The van der Waals surface area contributed by atoms with E-state index >= 15 is 0 Å². The Hall–Kier alpha value is 1.06. The molecule has 30 heavy (non-hydrogen) atoms. The predicted molar refractivity (Wildman–Crippen MR) is 138 cm³/mol. The topological polar surface area (TPSA) is 121 Å². The highest BCUT2D eigenvalue weighted by Crippen LogP contribution is 2.27. The Morgan fingerprint density at radius 2 is 0.467 bits per heavy atom. The molecule has 0 bridgehead atoms. The van der Waals surface area contributed by atoms with E-state index in [2.05, 4.69) is 51.3 Å². The molecule has 0 fully saturated rings. The quantitative estimate of drug-likeness (QED) is 0.113. The first-order chi connectivity index (χ1) is 13.8. The fourth-order valence-electron chi connectivity index (χ4n) is 2.41. The zero-order valence-corrected chi connectivity index (χ0v) is 23.1. The third kappa shape index (κ3) is 101. The molecule has 0 unspecified atom stereocenters. The minimum atomic E-state index is -3.81. The number of hydrogen-bond donors (Lipinski definition) is 6. The predicted octanol–water partition coefficient (Wildman–Crippen LogP) is 6.67. The molecular formula is C20H50O6P2S2. The van der Waals surface area contributed by atoms with E-state index in [1.54, 1.807) is 0 Å². The van der Waals surface area contributed by atoms with Crippen LogP contribution in [0.4, 0.5) is 0 Å². The van der Waals surface area contributed by atoms with Gasteiger partial charge in [0.25, 0.3) is 0 Å². The van der Waals surface area contributed by atoms with Gasteiger partial charge in [-0.25, -0.2) is 0 Å². The molecule has 0 saturated carbocycles. The maximum absolute atomic E-state index is 7.56. The van der Waals surface area contributed by atoms with E-state index in [-0.39, 0.29) is 0 Å². The Kier molecular flexibility index (Phi) is 38.4. The summed E-state index contributed by atoms with van der Waals surface area (Å²) in [5, 5.41) is 0. The van der Waals surface area contributed by atoms with Crippen LogP contribution in [0.5, 0.6) is 0 Å². The fraction of sp³-hybridized carbons (Fsp3) is 1.00. The van der Waals surface area contributed by atoms with Gasteiger partial charge in [-0.05, 0) is 23.6 Å².